The van der Waals surface area contributed by atoms with Crippen molar-refractivity contribution in [2.75, 3.05) is 18.1 Å². The number of sulfonamides is 1. The van der Waals surface area contributed by atoms with Crippen molar-refractivity contribution in [2.24, 2.45) is 0 Å². The molecule has 0 aliphatic rings. The molecule has 1 aromatic carbocycles. The van der Waals surface area contributed by atoms with E-state index in [4.69, 9.17) is 10.5 Å². The molecular formula is C12H19N3O4S. The predicted octanol–water partition coefficient (Wildman–Crippen LogP) is 0.685. The molecule has 0 radical (unpaired) electrons. The third-order valence-electron chi connectivity index (χ3n) is 2.15. The third-order valence-corrected chi connectivity index (χ3v) is 3.35. The monoisotopic (exact) mass is 301 g/mol. The lowest BCUT2D eigenvalue weighted by Crippen LogP contribution is -2.43. The van der Waals surface area contributed by atoms with Crippen LogP contribution in [0.4, 0.5) is 10.5 Å². The van der Waals surface area contributed by atoms with Gasteiger partial charge in [-0.05, 0) is 26.0 Å². The van der Waals surface area contributed by atoms with Crippen molar-refractivity contribution in [2.45, 2.75) is 19.9 Å². The number of carbonyl (C=O) groups excluding carboxylic acids is 1. The number of nitrogens with one attached hydrogen (secondary N) is 2. The van der Waals surface area contributed by atoms with Gasteiger partial charge in [-0.15, -0.1) is 0 Å². The van der Waals surface area contributed by atoms with Crippen molar-refractivity contribution in [3.63, 3.8) is 0 Å². The summed E-state index contributed by atoms with van der Waals surface area (Å²) in [6.45, 7) is 3.39. The molecule has 0 saturated heterocycles. The molecule has 2 amide bonds. The Morgan fingerprint density at radius 3 is 2.70 bits per heavy atom. The normalized spacial score (nSPS) is 11.2. The van der Waals surface area contributed by atoms with Crippen LogP contribution in [0.5, 0.6) is 5.75 Å². The zero-order valence-corrected chi connectivity index (χ0v) is 12.2. The van der Waals surface area contributed by atoms with Gasteiger partial charge < -0.3 is 15.8 Å². The maximum absolute atomic E-state index is 11.6. The Morgan fingerprint density at radius 1 is 1.40 bits per heavy atom. The molecule has 0 aliphatic carbocycles. The number of nitrogen functional groups attached to an aromatic ring is 1. The number of hydrogen-bond acceptors (Lipinski definition) is 5. The molecule has 0 saturated carbocycles. The van der Waals surface area contributed by atoms with Gasteiger partial charge in [0, 0.05) is 17.8 Å². The van der Waals surface area contributed by atoms with Crippen LogP contribution < -0.4 is 20.5 Å². The number of anilines is 1. The van der Waals surface area contributed by atoms with Crippen LogP contribution in [-0.2, 0) is 10.0 Å². The van der Waals surface area contributed by atoms with Gasteiger partial charge in [-0.1, -0.05) is 6.07 Å². The molecule has 0 unspecified atom stereocenters. The van der Waals surface area contributed by atoms with Gasteiger partial charge in [-0.25, -0.2) is 17.9 Å². The van der Waals surface area contributed by atoms with Crippen molar-refractivity contribution in [1.82, 2.24) is 10.0 Å². The zero-order chi connectivity index (χ0) is 15.2. The fourth-order valence-corrected chi connectivity index (χ4v) is 2.10. The molecular weight excluding hydrogens is 282 g/mol. The summed E-state index contributed by atoms with van der Waals surface area (Å²) < 4.78 is 30.4. The Labute approximate surface area is 118 Å². The van der Waals surface area contributed by atoms with Crippen molar-refractivity contribution < 1.29 is 17.9 Å². The van der Waals surface area contributed by atoms with Crippen LogP contribution in [0.15, 0.2) is 24.3 Å². The summed E-state index contributed by atoms with van der Waals surface area (Å²) >= 11 is 0. The van der Waals surface area contributed by atoms with Crippen LogP contribution >= 0.6 is 0 Å². The summed E-state index contributed by atoms with van der Waals surface area (Å²) in [4.78, 5) is 11.3. The van der Waals surface area contributed by atoms with Crippen LogP contribution in [0.1, 0.15) is 13.8 Å². The summed E-state index contributed by atoms with van der Waals surface area (Å²) in [5.74, 6) is 0.152. The molecule has 0 fully saturated rings. The maximum atomic E-state index is 11.6. The molecule has 7 nitrogen and oxygen atoms in total. The van der Waals surface area contributed by atoms with E-state index in [9.17, 15) is 13.2 Å². The molecule has 112 valence electrons. The molecule has 8 heteroatoms. The van der Waals surface area contributed by atoms with Gasteiger partial charge in [0.2, 0.25) is 10.0 Å². The number of carbonyl (C=O) groups is 1. The average molecular weight is 301 g/mol. The lowest BCUT2D eigenvalue weighted by atomic mass is 10.3. The number of hydrogen-bond donors (Lipinski definition) is 3. The summed E-state index contributed by atoms with van der Waals surface area (Å²) in [6.07, 6.45) is 0. The average Bonchev–Trinajstić information content (AvgIpc) is 2.26. The summed E-state index contributed by atoms with van der Waals surface area (Å²) in [5, 5.41) is 2.43. The molecule has 4 N–H and O–H groups in total. The van der Waals surface area contributed by atoms with E-state index in [1.165, 1.54) is 0 Å². The Hall–Kier alpha value is -1.96. The molecule has 1 rings (SSSR count). The molecule has 0 bridgehead atoms. The minimum absolute atomic E-state index is 0.0756. The van der Waals surface area contributed by atoms with Crippen LogP contribution in [0.2, 0.25) is 0 Å². The Kier molecular flexibility index (Phi) is 5.63. The van der Waals surface area contributed by atoms with E-state index < -0.39 is 16.1 Å². The second-order valence-electron chi connectivity index (χ2n) is 4.47. The fourth-order valence-electron chi connectivity index (χ4n) is 1.36. The fraction of sp³-hybridized carbons (Fsp3) is 0.417. The van der Waals surface area contributed by atoms with Crippen molar-refractivity contribution >= 4 is 21.7 Å². The topological polar surface area (TPSA) is 111 Å². The summed E-state index contributed by atoms with van der Waals surface area (Å²) in [6, 6.07) is 5.76. The zero-order valence-electron chi connectivity index (χ0n) is 11.4. The first kappa shape index (κ1) is 16.1. The highest BCUT2D eigenvalue weighted by atomic mass is 32.2. The van der Waals surface area contributed by atoms with Gasteiger partial charge in [0.05, 0.1) is 0 Å². The highest BCUT2D eigenvalue weighted by Gasteiger charge is 2.15. The van der Waals surface area contributed by atoms with E-state index in [1.807, 2.05) is 4.72 Å². The molecule has 0 spiro atoms. The second-order valence-corrected chi connectivity index (χ2v) is 6.31. The van der Waals surface area contributed by atoms with E-state index in [0.29, 0.717) is 11.4 Å². The summed E-state index contributed by atoms with van der Waals surface area (Å²) in [7, 11) is -3.72. The highest BCUT2D eigenvalue weighted by Crippen LogP contribution is 2.14. The Balaban J connectivity index is 2.42. The molecule has 0 heterocycles. The SMILES string of the molecule is CC(C)NC(=O)NS(=O)(=O)CCOc1cccc(N)c1. The third kappa shape index (κ3) is 6.28. The highest BCUT2D eigenvalue weighted by molar-refractivity contribution is 7.90. The van der Waals surface area contributed by atoms with Gasteiger partial charge in [-0.2, -0.15) is 0 Å². The van der Waals surface area contributed by atoms with Gasteiger partial charge in [0.15, 0.2) is 0 Å². The van der Waals surface area contributed by atoms with Gasteiger partial charge in [-0.3, -0.25) is 0 Å². The molecule has 0 atom stereocenters. The molecule has 0 aromatic heterocycles. The van der Waals surface area contributed by atoms with Crippen molar-refractivity contribution in [3.05, 3.63) is 24.3 Å². The smallest absolute Gasteiger partial charge is 0.328 e. The first-order chi connectivity index (χ1) is 9.28. The van der Waals surface area contributed by atoms with Crippen molar-refractivity contribution in [3.8, 4) is 5.75 Å². The van der Waals surface area contributed by atoms with Gasteiger partial charge >= 0.3 is 6.03 Å². The maximum Gasteiger partial charge on any atom is 0.328 e. The largest absolute Gasteiger partial charge is 0.492 e. The Bertz CT molecular complexity index is 558. The minimum Gasteiger partial charge on any atom is -0.492 e. The number of ether oxygens (including phenoxy) is 1. The van der Waals surface area contributed by atoms with Crippen LogP contribution in [-0.4, -0.2) is 32.9 Å². The van der Waals surface area contributed by atoms with E-state index in [1.54, 1.807) is 38.1 Å². The molecule has 1 aromatic rings. The van der Waals surface area contributed by atoms with E-state index in [0.717, 1.165) is 0 Å². The van der Waals surface area contributed by atoms with Gasteiger partial charge in [0.25, 0.3) is 0 Å². The predicted molar refractivity (Wildman–Crippen MR) is 76.9 cm³/mol. The first-order valence-electron chi connectivity index (χ1n) is 6.08. The molecule has 20 heavy (non-hydrogen) atoms. The standard InChI is InChI=1S/C12H19N3O4S/c1-9(2)14-12(16)15-20(17,18)7-6-19-11-5-3-4-10(13)8-11/h3-5,8-9H,6-7,13H2,1-2H3,(H2,14,15,16). The van der Waals surface area contributed by atoms with Crippen LogP contribution in [0.25, 0.3) is 0 Å². The van der Waals surface area contributed by atoms with Crippen molar-refractivity contribution in [1.29, 1.82) is 0 Å². The van der Waals surface area contributed by atoms with Crippen LogP contribution in [0, 0.1) is 0 Å². The number of nitrogens with two attached hydrogens (primary N) is 1. The Morgan fingerprint density at radius 2 is 2.10 bits per heavy atom. The first-order valence-corrected chi connectivity index (χ1v) is 7.73. The minimum atomic E-state index is -3.72. The number of urea groups is 1. The number of amides is 2. The number of benzene rings is 1. The lowest BCUT2D eigenvalue weighted by Gasteiger charge is -2.11. The van der Waals surface area contributed by atoms with E-state index in [-0.39, 0.29) is 18.4 Å². The second kappa shape index (κ2) is 6.99. The van der Waals surface area contributed by atoms with Crippen LogP contribution in [0.3, 0.4) is 0 Å². The lowest BCUT2D eigenvalue weighted by molar-refractivity contribution is 0.243. The van der Waals surface area contributed by atoms with E-state index in [2.05, 4.69) is 5.32 Å². The summed E-state index contributed by atoms with van der Waals surface area (Å²) in [5.41, 5.74) is 6.09. The van der Waals surface area contributed by atoms with E-state index >= 15 is 0 Å². The van der Waals surface area contributed by atoms with Gasteiger partial charge in [0.1, 0.15) is 18.1 Å². The molecule has 0 aliphatic heterocycles. The quantitative estimate of drug-likeness (QED) is 0.669. The number of rotatable bonds is 6.